The van der Waals surface area contributed by atoms with Crippen molar-refractivity contribution in [1.82, 2.24) is 15.0 Å². The number of H-pyrrole nitrogens is 1. The first-order valence-corrected chi connectivity index (χ1v) is 13.4. The summed E-state index contributed by atoms with van der Waals surface area (Å²) in [5.74, 6) is 2.59. The molecule has 0 saturated heterocycles. The van der Waals surface area contributed by atoms with Gasteiger partial charge in [0.05, 0.1) is 6.61 Å². The van der Waals surface area contributed by atoms with Crippen LogP contribution in [0.2, 0.25) is 0 Å². The largest absolute Gasteiger partial charge is 0.493 e. The maximum Gasteiger partial charge on any atom is 0.136 e. The molecular formula is C30H37N5O. The minimum absolute atomic E-state index is 0.572. The molecule has 1 aliphatic carbocycles. The number of benzene rings is 1. The molecule has 3 aromatic heterocycles. The number of nitrogens with one attached hydrogen (secondary N) is 2. The van der Waals surface area contributed by atoms with Gasteiger partial charge in [-0.05, 0) is 74.4 Å². The Kier molecular flexibility index (Phi) is 7.70. The van der Waals surface area contributed by atoms with Crippen LogP contribution in [-0.2, 0) is 19.3 Å². The van der Waals surface area contributed by atoms with E-state index in [-0.39, 0.29) is 0 Å². The van der Waals surface area contributed by atoms with Gasteiger partial charge in [-0.15, -0.1) is 0 Å². The third-order valence-electron chi connectivity index (χ3n) is 6.82. The second-order valence-electron chi connectivity index (χ2n) is 9.63. The van der Waals surface area contributed by atoms with Gasteiger partial charge in [0.25, 0.3) is 0 Å². The van der Waals surface area contributed by atoms with E-state index in [4.69, 9.17) is 9.72 Å². The van der Waals surface area contributed by atoms with Crippen LogP contribution >= 0.6 is 0 Å². The van der Waals surface area contributed by atoms with Crippen LogP contribution in [0.5, 0.6) is 5.75 Å². The lowest BCUT2D eigenvalue weighted by Crippen LogP contribution is -2.26. The summed E-state index contributed by atoms with van der Waals surface area (Å²) in [6, 6.07) is 16.7. The molecule has 5 rings (SSSR count). The van der Waals surface area contributed by atoms with Crippen LogP contribution in [0.3, 0.4) is 0 Å². The average Bonchev–Trinajstić information content (AvgIpc) is 3.27. The van der Waals surface area contributed by atoms with Gasteiger partial charge in [-0.1, -0.05) is 19.9 Å². The smallest absolute Gasteiger partial charge is 0.136 e. The summed E-state index contributed by atoms with van der Waals surface area (Å²) in [6.07, 6.45) is 9.60. The van der Waals surface area contributed by atoms with E-state index in [1.54, 1.807) is 0 Å². The summed E-state index contributed by atoms with van der Waals surface area (Å²) >= 11 is 0. The second-order valence-corrected chi connectivity index (χ2v) is 9.63. The Morgan fingerprint density at radius 1 is 1.00 bits per heavy atom. The molecule has 0 aliphatic heterocycles. The van der Waals surface area contributed by atoms with E-state index >= 15 is 0 Å². The summed E-state index contributed by atoms with van der Waals surface area (Å²) in [4.78, 5) is 15.4. The van der Waals surface area contributed by atoms with Crippen LogP contribution < -0.4 is 15.0 Å². The fraction of sp³-hybridized carbons (Fsp3) is 0.400. The Morgan fingerprint density at radius 2 is 1.86 bits per heavy atom. The number of aromatic nitrogens is 3. The standard InChI is InChI=1S/C30H37N5O/c1-3-16-35(17-4-2)30-21-24(36-18-14-22-9-7-8-15-31-22)20-29(34-30)32-23-12-13-28-26(19-23)25-10-5-6-11-27(25)33-28/h7-9,12-13,15,19-21,33H,3-6,10-11,14,16-18H2,1-2H3,(H,32,34). The molecule has 3 heterocycles. The van der Waals surface area contributed by atoms with Crippen LogP contribution in [0, 0.1) is 0 Å². The molecule has 6 heteroatoms. The van der Waals surface area contributed by atoms with Crippen LogP contribution in [0.25, 0.3) is 10.9 Å². The first-order valence-electron chi connectivity index (χ1n) is 13.4. The maximum absolute atomic E-state index is 6.22. The van der Waals surface area contributed by atoms with E-state index in [2.05, 4.69) is 58.3 Å². The minimum Gasteiger partial charge on any atom is -0.493 e. The number of hydrogen-bond donors (Lipinski definition) is 2. The molecule has 0 amide bonds. The van der Waals surface area contributed by atoms with Gasteiger partial charge < -0.3 is 19.9 Å². The molecule has 0 saturated carbocycles. The predicted molar refractivity (Wildman–Crippen MR) is 149 cm³/mol. The Hall–Kier alpha value is -3.54. The van der Waals surface area contributed by atoms with Gasteiger partial charge in [0.15, 0.2) is 0 Å². The molecule has 1 aromatic carbocycles. The lowest BCUT2D eigenvalue weighted by Gasteiger charge is -2.24. The SMILES string of the molecule is CCCN(CCC)c1cc(OCCc2ccccn2)cc(Nc2ccc3[nH]c4c(c3c2)CCCC4)n1. The van der Waals surface area contributed by atoms with Crippen molar-refractivity contribution in [1.29, 1.82) is 0 Å². The molecule has 36 heavy (non-hydrogen) atoms. The molecule has 0 fully saturated rings. The lowest BCUT2D eigenvalue weighted by molar-refractivity contribution is 0.320. The average molecular weight is 484 g/mol. The lowest BCUT2D eigenvalue weighted by atomic mass is 9.95. The van der Waals surface area contributed by atoms with Gasteiger partial charge in [-0.2, -0.15) is 0 Å². The molecule has 0 radical (unpaired) electrons. The van der Waals surface area contributed by atoms with Crippen molar-refractivity contribution in [2.45, 2.75) is 58.8 Å². The van der Waals surface area contributed by atoms with E-state index in [1.807, 2.05) is 30.5 Å². The quantitative estimate of drug-likeness (QED) is 0.245. The first-order chi connectivity index (χ1) is 17.7. The van der Waals surface area contributed by atoms with Gasteiger partial charge in [0.1, 0.15) is 17.4 Å². The fourth-order valence-corrected chi connectivity index (χ4v) is 5.13. The van der Waals surface area contributed by atoms with Crippen molar-refractivity contribution in [3.05, 3.63) is 71.7 Å². The number of aryl methyl sites for hydroxylation is 2. The summed E-state index contributed by atoms with van der Waals surface area (Å²) in [5, 5.41) is 4.91. The van der Waals surface area contributed by atoms with Crippen LogP contribution in [-0.4, -0.2) is 34.6 Å². The molecule has 0 atom stereocenters. The Labute approximate surface area is 214 Å². The molecule has 6 nitrogen and oxygen atoms in total. The molecule has 1 aliphatic rings. The summed E-state index contributed by atoms with van der Waals surface area (Å²) < 4.78 is 6.22. The van der Waals surface area contributed by atoms with Crippen LogP contribution in [0.4, 0.5) is 17.3 Å². The number of rotatable bonds is 11. The highest BCUT2D eigenvalue weighted by molar-refractivity contribution is 5.88. The normalized spacial score (nSPS) is 12.9. The van der Waals surface area contributed by atoms with E-state index in [0.717, 1.165) is 74.0 Å². The zero-order chi connectivity index (χ0) is 24.7. The Bertz CT molecular complexity index is 1280. The highest BCUT2D eigenvalue weighted by Crippen LogP contribution is 2.32. The number of ether oxygens (including phenoxy) is 1. The topological polar surface area (TPSA) is 66.1 Å². The van der Waals surface area contributed by atoms with Crippen molar-refractivity contribution in [2.24, 2.45) is 0 Å². The molecule has 0 spiro atoms. The van der Waals surface area contributed by atoms with Crippen molar-refractivity contribution in [3.63, 3.8) is 0 Å². The molecule has 2 N–H and O–H groups in total. The highest BCUT2D eigenvalue weighted by atomic mass is 16.5. The van der Waals surface area contributed by atoms with Crippen molar-refractivity contribution >= 4 is 28.2 Å². The number of hydrogen-bond acceptors (Lipinski definition) is 5. The van der Waals surface area contributed by atoms with Crippen molar-refractivity contribution in [3.8, 4) is 5.75 Å². The Morgan fingerprint density at radius 3 is 2.67 bits per heavy atom. The van der Waals surface area contributed by atoms with Gasteiger partial charge in [-0.25, -0.2) is 4.98 Å². The van der Waals surface area contributed by atoms with E-state index in [9.17, 15) is 0 Å². The van der Waals surface area contributed by atoms with Gasteiger partial charge >= 0.3 is 0 Å². The van der Waals surface area contributed by atoms with E-state index < -0.39 is 0 Å². The highest BCUT2D eigenvalue weighted by Gasteiger charge is 2.16. The minimum atomic E-state index is 0.572. The number of pyridine rings is 2. The summed E-state index contributed by atoms with van der Waals surface area (Å²) in [7, 11) is 0. The molecular weight excluding hydrogens is 446 g/mol. The maximum atomic E-state index is 6.22. The second kappa shape index (κ2) is 11.5. The van der Waals surface area contributed by atoms with Gasteiger partial charge in [0, 0.05) is 65.8 Å². The summed E-state index contributed by atoms with van der Waals surface area (Å²) in [6.45, 7) is 6.94. The fourth-order valence-electron chi connectivity index (χ4n) is 5.13. The van der Waals surface area contributed by atoms with Crippen molar-refractivity contribution < 1.29 is 4.74 Å². The number of aromatic amines is 1. The third-order valence-corrected chi connectivity index (χ3v) is 6.82. The third kappa shape index (κ3) is 5.64. The first kappa shape index (κ1) is 24.2. The van der Waals surface area contributed by atoms with Crippen molar-refractivity contribution in [2.75, 3.05) is 29.9 Å². The Balaban J connectivity index is 1.40. The van der Waals surface area contributed by atoms with E-state index in [1.165, 1.54) is 35.0 Å². The monoisotopic (exact) mass is 483 g/mol. The zero-order valence-corrected chi connectivity index (χ0v) is 21.5. The van der Waals surface area contributed by atoms with E-state index in [0.29, 0.717) is 6.61 Å². The number of anilines is 3. The molecule has 0 unspecified atom stereocenters. The molecule has 188 valence electrons. The zero-order valence-electron chi connectivity index (χ0n) is 21.5. The van der Waals surface area contributed by atoms with Crippen LogP contribution in [0.1, 0.15) is 56.5 Å². The predicted octanol–water partition coefficient (Wildman–Crippen LogP) is 6.83. The molecule has 4 aromatic rings. The van der Waals surface area contributed by atoms with Gasteiger partial charge in [0.2, 0.25) is 0 Å². The van der Waals surface area contributed by atoms with Crippen LogP contribution in [0.15, 0.2) is 54.7 Å². The van der Waals surface area contributed by atoms with Gasteiger partial charge in [-0.3, -0.25) is 4.98 Å². The summed E-state index contributed by atoms with van der Waals surface area (Å²) in [5.41, 5.74) is 6.21. The molecule has 0 bridgehead atoms. The number of nitrogens with zero attached hydrogens (tertiary/aromatic N) is 3. The number of fused-ring (bicyclic) bond motifs is 3.